The fourth-order valence-electron chi connectivity index (χ4n) is 3.76. The van der Waals surface area contributed by atoms with E-state index in [0.717, 1.165) is 38.9 Å². The standard InChI is InChI=1S/C22H21N3O/c1-14(2)24-13-25(18-8-6-12-23-22(18)24)20-15(3)10-11-17-16-7-4-5-9-19(16)26-21(17)20/h4-12,14H,13H2,1-3H3/i1D3,14D. The van der Waals surface area contributed by atoms with Gasteiger partial charge in [0.25, 0.3) is 0 Å². The number of fused-ring (bicyclic) bond motifs is 4. The summed E-state index contributed by atoms with van der Waals surface area (Å²) >= 11 is 0. The molecule has 0 radical (unpaired) electrons. The van der Waals surface area contributed by atoms with E-state index in [1.807, 2.05) is 54.3 Å². The van der Waals surface area contributed by atoms with Crippen LogP contribution in [0.1, 0.15) is 24.8 Å². The molecule has 1 aliphatic rings. The van der Waals surface area contributed by atoms with E-state index in [2.05, 4.69) is 11.1 Å². The molecule has 130 valence electrons. The van der Waals surface area contributed by atoms with E-state index in [9.17, 15) is 0 Å². The fraction of sp³-hybridized carbons (Fsp3) is 0.227. The van der Waals surface area contributed by atoms with Crippen molar-refractivity contribution in [2.24, 2.45) is 0 Å². The summed E-state index contributed by atoms with van der Waals surface area (Å²) in [5, 5.41) is 2.03. The second-order valence-electron chi connectivity index (χ2n) is 6.64. The average molecular weight is 347 g/mol. The highest BCUT2D eigenvalue weighted by Crippen LogP contribution is 2.45. The number of hydrogen-bond acceptors (Lipinski definition) is 4. The monoisotopic (exact) mass is 347 g/mol. The predicted molar refractivity (Wildman–Crippen MR) is 107 cm³/mol. The molecule has 1 atom stereocenters. The minimum Gasteiger partial charge on any atom is -0.454 e. The smallest absolute Gasteiger partial charge is 0.159 e. The molecule has 2 aromatic heterocycles. The van der Waals surface area contributed by atoms with Crippen LogP contribution in [0.3, 0.4) is 0 Å². The zero-order valence-electron chi connectivity index (χ0n) is 18.7. The van der Waals surface area contributed by atoms with Crippen LogP contribution in [0.25, 0.3) is 21.9 Å². The van der Waals surface area contributed by atoms with Crippen molar-refractivity contribution in [3.8, 4) is 0 Å². The maximum absolute atomic E-state index is 8.64. The van der Waals surface area contributed by atoms with Crippen molar-refractivity contribution < 1.29 is 9.90 Å². The number of aromatic nitrogens is 1. The van der Waals surface area contributed by atoms with Crippen LogP contribution in [0.4, 0.5) is 17.2 Å². The molecule has 1 aliphatic heterocycles. The highest BCUT2D eigenvalue weighted by molar-refractivity contribution is 6.10. The zero-order chi connectivity index (χ0) is 21.3. The Morgan fingerprint density at radius 2 is 2.04 bits per heavy atom. The number of benzene rings is 2. The molecule has 4 nitrogen and oxygen atoms in total. The Bertz CT molecular complexity index is 1280. The molecule has 0 aliphatic carbocycles. The summed E-state index contributed by atoms with van der Waals surface area (Å²) in [6.07, 6.45) is 1.62. The number of para-hydroxylation sites is 1. The Labute approximate surface area is 158 Å². The lowest BCUT2D eigenvalue weighted by molar-refractivity contribution is 0.664. The molecule has 0 spiro atoms. The van der Waals surface area contributed by atoms with E-state index < -0.39 is 12.9 Å². The number of nitrogens with zero attached hydrogens (tertiary/aromatic N) is 3. The van der Waals surface area contributed by atoms with Gasteiger partial charge in [-0.2, -0.15) is 0 Å². The van der Waals surface area contributed by atoms with Crippen molar-refractivity contribution in [2.45, 2.75) is 26.7 Å². The summed E-state index contributed by atoms with van der Waals surface area (Å²) in [5.41, 5.74) is 4.17. The second kappa shape index (κ2) is 5.49. The van der Waals surface area contributed by atoms with Crippen LogP contribution >= 0.6 is 0 Å². The molecular weight excluding hydrogens is 322 g/mol. The Morgan fingerprint density at radius 3 is 2.92 bits per heavy atom. The van der Waals surface area contributed by atoms with E-state index in [1.165, 1.54) is 11.8 Å². The number of aryl methyl sites for hydroxylation is 1. The fourth-order valence-corrected chi connectivity index (χ4v) is 3.76. The summed E-state index contributed by atoms with van der Waals surface area (Å²) < 4.78 is 38.6. The van der Waals surface area contributed by atoms with Crippen LogP contribution < -0.4 is 9.80 Å². The third-order valence-corrected chi connectivity index (χ3v) is 4.99. The number of furan rings is 1. The van der Waals surface area contributed by atoms with Crippen molar-refractivity contribution in [3.63, 3.8) is 0 Å². The summed E-state index contributed by atoms with van der Waals surface area (Å²) in [6.45, 7) is 1.11. The van der Waals surface area contributed by atoms with Crippen LogP contribution in [-0.4, -0.2) is 17.7 Å². The van der Waals surface area contributed by atoms with E-state index in [0.29, 0.717) is 5.82 Å². The number of rotatable bonds is 2. The molecule has 0 bridgehead atoms. The van der Waals surface area contributed by atoms with Crippen LogP contribution in [0, 0.1) is 6.92 Å². The molecule has 5 rings (SSSR count). The number of hydrogen-bond donors (Lipinski definition) is 0. The zero-order valence-corrected chi connectivity index (χ0v) is 14.7. The lowest BCUT2D eigenvalue weighted by Crippen LogP contribution is -2.34. The van der Waals surface area contributed by atoms with Gasteiger partial charge in [0.1, 0.15) is 5.58 Å². The first-order valence-corrected chi connectivity index (χ1v) is 8.61. The van der Waals surface area contributed by atoms with Gasteiger partial charge in [-0.3, -0.25) is 0 Å². The quantitative estimate of drug-likeness (QED) is 0.471. The molecule has 0 N–H and O–H groups in total. The van der Waals surface area contributed by atoms with E-state index in [4.69, 9.17) is 9.90 Å². The average Bonchev–Trinajstić information content (AvgIpc) is 3.26. The summed E-state index contributed by atoms with van der Waals surface area (Å²) in [6, 6.07) is 13.9. The normalized spacial score (nSPS) is 19.0. The van der Waals surface area contributed by atoms with Crippen molar-refractivity contribution in [3.05, 3.63) is 60.3 Å². The largest absolute Gasteiger partial charge is 0.454 e. The van der Waals surface area contributed by atoms with Gasteiger partial charge in [-0.1, -0.05) is 30.3 Å². The van der Waals surface area contributed by atoms with Crippen molar-refractivity contribution in [2.75, 3.05) is 16.5 Å². The first-order chi connectivity index (χ1) is 14.2. The molecule has 4 aromatic rings. The van der Waals surface area contributed by atoms with Gasteiger partial charge in [0, 0.05) is 27.1 Å². The Morgan fingerprint density at radius 1 is 1.15 bits per heavy atom. The topological polar surface area (TPSA) is 32.5 Å². The van der Waals surface area contributed by atoms with Gasteiger partial charge >= 0.3 is 0 Å². The molecular formula is C22H21N3O. The van der Waals surface area contributed by atoms with Gasteiger partial charge in [0.05, 0.1) is 19.4 Å². The van der Waals surface area contributed by atoms with Gasteiger partial charge < -0.3 is 14.2 Å². The summed E-state index contributed by atoms with van der Waals surface area (Å²) in [4.78, 5) is 7.97. The van der Waals surface area contributed by atoms with Gasteiger partial charge in [-0.15, -0.1) is 0 Å². The highest BCUT2D eigenvalue weighted by Gasteiger charge is 2.32. The second-order valence-corrected chi connectivity index (χ2v) is 6.64. The number of pyridine rings is 1. The van der Waals surface area contributed by atoms with Crippen molar-refractivity contribution in [1.29, 1.82) is 0 Å². The predicted octanol–water partition coefficient (Wildman–Crippen LogP) is 5.61. The minimum absolute atomic E-state index is 0.196. The van der Waals surface area contributed by atoms with Crippen LogP contribution in [0.5, 0.6) is 0 Å². The van der Waals surface area contributed by atoms with Gasteiger partial charge in [-0.05, 0) is 44.5 Å². The molecule has 26 heavy (non-hydrogen) atoms. The Balaban J connectivity index is 1.74. The summed E-state index contributed by atoms with van der Waals surface area (Å²) in [5.74, 6) is 0.485. The van der Waals surface area contributed by atoms with Gasteiger partial charge in [0.15, 0.2) is 11.4 Å². The first-order valence-electron chi connectivity index (χ1n) is 10.6. The highest BCUT2D eigenvalue weighted by atomic mass is 16.3. The SMILES string of the molecule is [2H]C([2H])([2H])C([2H])(C)N1CN(c2c(C)ccc3c2oc2ccccc23)c2cccnc21. The molecule has 1 unspecified atom stereocenters. The number of anilines is 3. The van der Waals surface area contributed by atoms with E-state index in [1.54, 1.807) is 6.20 Å². The van der Waals surface area contributed by atoms with Crippen LogP contribution in [-0.2, 0) is 0 Å². The molecule has 0 saturated carbocycles. The van der Waals surface area contributed by atoms with Gasteiger partial charge in [0.2, 0.25) is 0 Å². The molecule has 2 aromatic carbocycles. The van der Waals surface area contributed by atoms with E-state index in [-0.39, 0.29) is 6.67 Å². The summed E-state index contributed by atoms with van der Waals surface area (Å²) in [7, 11) is 0. The van der Waals surface area contributed by atoms with E-state index >= 15 is 0 Å². The maximum Gasteiger partial charge on any atom is 0.159 e. The lowest BCUT2D eigenvalue weighted by atomic mass is 10.1. The maximum atomic E-state index is 8.64. The minimum atomic E-state index is -2.50. The molecule has 4 heteroatoms. The first kappa shape index (κ1) is 11.6. The van der Waals surface area contributed by atoms with Crippen LogP contribution in [0.2, 0.25) is 0 Å². The van der Waals surface area contributed by atoms with Crippen LogP contribution in [0.15, 0.2) is 59.1 Å². The Hall–Kier alpha value is -3.01. The molecule has 0 fully saturated rings. The third kappa shape index (κ3) is 2.05. The molecule has 0 amide bonds. The third-order valence-electron chi connectivity index (χ3n) is 4.99. The molecule has 0 saturated heterocycles. The van der Waals surface area contributed by atoms with Gasteiger partial charge in [-0.25, -0.2) is 4.98 Å². The Kier molecular flexibility index (Phi) is 2.45. The van der Waals surface area contributed by atoms with Crippen molar-refractivity contribution >= 4 is 39.1 Å². The molecule has 3 heterocycles. The van der Waals surface area contributed by atoms with Crippen molar-refractivity contribution in [1.82, 2.24) is 4.98 Å². The lowest BCUT2D eigenvalue weighted by Gasteiger charge is -2.25.